The Kier molecular flexibility index (Phi) is 6.89. The Morgan fingerprint density at radius 2 is 1.74 bits per heavy atom. The Hall–Kier alpha value is -3.77. The molecule has 1 heterocycles. The van der Waals surface area contributed by atoms with Crippen LogP contribution in [-0.2, 0) is 16.1 Å². The number of hydrogen-bond acceptors (Lipinski definition) is 5. The van der Waals surface area contributed by atoms with Gasteiger partial charge in [-0.2, -0.15) is 0 Å². The van der Waals surface area contributed by atoms with Crippen LogP contribution in [-0.4, -0.2) is 35.4 Å². The molecular weight excluding hydrogens is 454 g/mol. The van der Waals surface area contributed by atoms with Gasteiger partial charge in [0.15, 0.2) is 0 Å². The van der Waals surface area contributed by atoms with Crippen molar-refractivity contribution < 1.29 is 24.2 Å². The Labute approximate surface area is 203 Å². The Morgan fingerprint density at radius 1 is 1.03 bits per heavy atom. The first-order valence-electron chi connectivity index (χ1n) is 10.8. The van der Waals surface area contributed by atoms with Crippen LogP contribution in [0.1, 0.15) is 29.7 Å². The molecule has 1 amide bonds. The van der Waals surface area contributed by atoms with Crippen LogP contribution in [0.2, 0.25) is 5.02 Å². The predicted octanol–water partition coefficient (Wildman–Crippen LogP) is 5.37. The molecule has 0 aromatic heterocycles. The van der Waals surface area contributed by atoms with E-state index in [9.17, 15) is 14.7 Å². The molecule has 1 aliphatic rings. The third-order valence-corrected chi connectivity index (χ3v) is 5.96. The topological polar surface area (TPSA) is 76.1 Å². The number of amides is 1. The highest BCUT2D eigenvalue weighted by atomic mass is 35.5. The van der Waals surface area contributed by atoms with E-state index in [1.165, 1.54) is 18.1 Å². The minimum atomic E-state index is -0.756. The molecule has 34 heavy (non-hydrogen) atoms. The van der Waals surface area contributed by atoms with Crippen LogP contribution >= 0.6 is 11.6 Å². The molecule has 1 unspecified atom stereocenters. The first-order valence-corrected chi connectivity index (χ1v) is 11.2. The number of rotatable bonds is 7. The van der Waals surface area contributed by atoms with Crippen molar-refractivity contribution in [2.24, 2.45) is 0 Å². The van der Waals surface area contributed by atoms with E-state index < -0.39 is 17.7 Å². The number of nitrogens with zero attached hydrogens (tertiary/aromatic N) is 1. The van der Waals surface area contributed by atoms with Gasteiger partial charge in [0.05, 0.1) is 30.4 Å². The average Bonchev–Trinajstić information content (AvgIpc) is 3.10. The lowest BCUT2D eigenvalue weighted by molar-refractivity contribution is -0.140. The molecule has 1 fully saturated rings. The van der Waals surface area contributed by atoms with Crippen LogP contribution in [0, 0.1) is 0 Å². The van der Waals surface area contributed by atoms with Crippen LogP contribution < -0.4 is 9.47 Å². The summed E-state index contributed by atoms with van der Waals surface area (Å²) in [4.78, 5) is 27.8. The molecule has 0 spiro atoms. The number of carbonyl (C=O) groups is 2. The number of likely N-dealkylation sites (tertiary alicyclic amines) is 1. The van der Waals surface area contributed by atoms with Crippen molar-refractivity contribution in [3.63, 3.8) is 0 Å². The van der Waals surface area contributed by atoms with Crippen LogP contribution in [0.5, 0.6) is 11.5 Å². The smallest absolute Gasteiger partial charge is 0.295 e. The Balaban J connectivity index is 1.78. The van der Waals surface area contributed by atoms with Gasteiger partial charge in [0.2, 0.25) is 0 Å². The summed E-state index contributed by atoms with van der Waals surface area (Å²) in [5.41, 5.74) is 1.89. The van der Waals surface area contributed by atoms with E-state index >= 15 is 0 Å². The second kappa shape index (κ2) is 10.0. The maximum Gasteiger partial charge on any atom is 0.295 e. The number of aliphatic hydroxyl groups excluding tert-OH is 1. The maximum absolute atomic E-state index is 13.2. The highest BCUT2D eigenvalue weighted by molar-refractivity contribution is 6.46. The summed E-state index contributed by atoms with van der Waals surface area (Å²) in [5.74, 6) is -0.544. The summed E-state index contributed by atoms with van der Waals surface area (Å²) in [6, 6.07) is 20.5. The Bertz CT molecular complexity index is 1240. The van der Waals surface area contributed by atoms with Gasteiger partial charge in [-0.25, -0.2) is 0 Å². The molecule has 1 N–H and O–H groups in total. The predicted molar refractivity (Wildman–Crippen MR) is 130 cm³/mol. The van der Waals surface area contributed by atoms with E-state index in [-0.39, 0.29) is 22.9 Å². The number of aliphatic hydroxyl groups is 1. The maximum atomic E-state index is 13.2. The van der Waals surface area contributed by atoms with Gasteiger partial charge in [-0.3, -0.25) is 9.59 Å². The van der Waals surface area contributed by atoms with Gasteiger partial charge < -0.3 is 19.5 Å². The van der Waals surface area contributed by atoms with Crippen molar-refractivity contribution in [1.29, 1.82) is 0 Å². The molecule has 3 aromatic carbocycles. The molecule has 3 aromatic rings. The number of ether oxygens (including phenoxy) is 2. The summed E-state index contributed by atoms with van der Waals surface area (Å²) in [5, 5.41) is 11.5. The molecule has 7 heteroatoms. The van der Waals surface area contributed by atoms with Crippen molar-refractivity contribution in [1.82, 2.24) is 4.90 Å². The Morgan fingerprint density at radius 3 is 2.35 bits per heavy atom. The van der Waals surface area contributed by atoms with Crippen molar-refractivity contribution in [3.05, 3.63) is 100 Å². The molecule has 1 saturated heterocycles. The molecule has 0 bridgehead atoms. The van der Waals surface area contributed by atoms with E-state index in [1.807, 2.05) is 61.5 Å². The van der Waals surface area contributed by atoms with Gasteiger partial charge in [0.1, 0.15) is 17.3 Å². The number of carbonyl (C=O) groups excluding carboxylic acids is 2. The number of methoxy groups -OCH3 is 1. The quantitative estimate of drug-likeness (QED) is 0.281. The minimum Gasteiger partial charge on any atom is -0.507 e. The summed E-state index contributed by atoms with van der Waals surface area (Å²) in [6.07, 6.45) is 0. The lowest BCUT2D eigenvalue weighted by Crippen LogP contribution is -2.29. The van der Waals surface area contributed by atoms with Crippen molar-refractivity contribution >= 4 is 29.1 Å². The third kappa shape index (κ3) is 4.50. The number of hydrogen-bond donors (Lipinski definition) is 1. The van der Waals surface area contributed by atoms with Crippen molar-refractivity contribution in [2.45, 2.75) is 19.5 Å². The number of ketones is 1. The standard InChI is InChI=1S/C27H24ClNO5/c1-3-34-20-12-9-17(10-13-20)16-29-24(18-7-5-4-6-8-18)23(26(31)27(29)32)25(30)19-11-14-22(33-2)21(28)15-19/h4-15,24,30H,3,16H2,1-2H3/b25-23-. The molecule has 1 aliphatic heterocycles. The summed E-state index contributed by atoms with van der Waals surface area (Å²) in [7, 11) is 1.49. The van der Waals surface area contributed by atoms with Gasteiger partial charge in [0.25, 0.3) is 11.7 Å². The van der Waals surface area contributed by atoms with Gasteiger partial charge >= 0.3 is 0 Å². The fourth-order valence-corrected chi connectivity index (χ4v) is 4.31. The molecule has 0 radical (unpaired) electrons. The van der Waals surface area contributed by atoms with E-state index in [2.05, 4.69) is 0 Å². The average molecular weight is 478 g/mol. The van der Waals surface area contributed by atoms with Crippen LogP contribution in [0.15, 0.2) is 78.4 Å². The third-order valence-electron chi connectivity index (χ3n) is 5.67. The van der Waals surface area contributed by atoms with Crippen molar-refractivity contribution in [3.8, 4) is 11.5 Å². The summed E-state index contributed by atoms with van der Waals surface area (Å²) < 4.78 is 10.7. The molecule has 4 rings (SSSR count). The molecule has 1 atom stereocenters. The van der Waals surface area contributed by atoms with Crippen LogP contribution in [0.4, 0.5) is 0 Å². The minimum absolute atomic E-state index is 0.0170. The second-order valence-corrected chi connectivity index (χ2v) is 8.17. The van der Waals surface area contributed by atoms with Crippen LogP contribution in [0.25, 0.3) is 5.76 Å². The molecular formula is C27H24ClNO5. The normalized spacial score (nSPS) is 17.1. The second-order valence-electron chi connectivity index (χ2n) is 7.76. The first kappa shape index (κ1) is 23.4. The summed E-state index contributed by atoms with van der Waals surface area (Å²) >= 11 is 6.24. The zero-order chi connectivity index (χ0) is 24.2. The molecule has 174 valence electrons. The molecule has 6 nitrogen and oxygen atoms in total. The first-order chi connectivity index (χ1) is 16.4. The lowest BCUT2D eigenvalue weighted by atomic mass is 9.95. The van der Waals surface area contributed by atoms with E-state index in [0.717, 1.165) is 11.3 Å². The zero-order valence-electron chi connectivity index (χ0n) is 18.8. The SMILES string of the molecule is CCOc1ccc(CN2C(=O)C(=O)/C(=C(\O)c3ccc(OC)c(Cl)c3)C2c2ccccc2)cc1. The fraction of sp³-hybridized carbons (Fsp3) is 0.185. The van der Waals surface area contributed by atoms with Gasteiger partial charge in [-0.15, -0.1) is 0 Å². The van der Waals surface area contributed by atoms with Gasteiger partial charge in [0, 0.05) is 12.1 Å². The molecule has 0 saturated carbocycles. The summed E-state index contributed by atoms with van der Waals surface area (Å²) in [6.45, 7) is 2.65. The highest BCUT2D eigenvalue weighted by Crippen LogP contribution is 2.41. The van der Waals surface area contributed by atoms with E-state index in [1.54, 1.807) is 12.1 Å². The monoisotopic (exact) mass is 477 g/mol. The van der Waals surface area contributed by atoms with Gasteiger partial charge in [-0.05, 0) is 48.4 Å². The van der Waals surface area contributed by atoms with Crippen molar-refractivity contribution in [2.75, 3.05) is 13.7 Å². The lowest BCUT2D eigenvalue weighted by Gasteiger charge is -2.25. The number of benzene rings is 3. The number of Topliss-reactive ketones (excluding diaryl/α,β-unsaturated/α-hetero) is 1. The highest BCUT2D eigenvalue weighted by Gasteiger charge is 2.46. The fourth-order valence-electron chi connectivity index (χ4n) is 4.05. The van der Waals surface area contributed by atoms with E-state index in [4.69, 9.17) is 21.1 Å². The number of halogens is 1. The van der Waals surface area contributed by atoms with Crippen LogP contribution in [0.3, 0.4) is 0 Å². The molecule has 0 aliphatic carbocycles. The zero-order valence-corrected chi connectivity index (χ0v) is 19.6. The van der Waals surface area contributed by atoms with E-state index in [0.29, 0.717) is 23.5 Å². The van der Waals surface area contributed by atoms with Gasteiger partial charge in [-0.1, -0.05) is 54.1 Å². The largest absolute Gasteiger partial charge is 0.507 e.